The summed E-state index contributed by atoms with van der Waals surface area (Å²) in [5.41, 5.74) is 3.52. The lowest BCUT2D eigenvalue weighted by Crippen LogP contribution is -2.15. The molecular weight excluding hydrogens is 480 g/mol. The van der Waals surface area contributed by atoms with Crippen LogP contribution in [0.15, 0.2) is 66.7 Å². The molecule has 5 aromatic rings. The molecule has 4 N–H and O–H groups in total. The van der Waals surface area contributed by atoms with E-state index in [1.54, 1.807) is 54.6 Å². The minimum atomic E-state index is -0.416. The van der Waals surface area contributed by atoms with Crippen molar-refractivity contribution in [2.45, 2.75) is 6.42 Å². The molecule has 0 fully saturated rings. The number of nitrogens with zero attached hydrogens (tertiary/aromatic N) is 4. The second kappa shape index (κ2) is 9.69. The Bertz CT molecular complexity index is 1640. The van der Waals surface area contributed by atoms with Crippen molar-refractivity contribution in [2.24, 2.45) is 0 Å². The van der Waals surface area contributed by atoms with E-state index in [4.69, 9.17) is 11.6 Å². The van der Waals surface area contributed by atoms with Gasteiger partial charge in [0.15, 0.2) is 5.82 Å². The number of carbonyl (C=O) groups is 2. The van der Waals surface area contributed by atoms with Crippen LogP contribution in [0.3, 0.4) is 0 Å². The number of aromatic nitrogens is 5. The van der Waals surface area contributed by atoms with Gasteiger partial charge in [-0.2, -0.15) is 5.26 Å². The first-order chi connectivity index (χ1) is 17.5. The molecular formula is C25H17ClN8O2. The Morgan fingerprint density at radius 1 is 1.00 bits per heavy atom. The van der Waals surface area contributed by atoms with E-state index in [1.807, 2.05) is 12.1 Å². The molecule has 5 rings (SSSR count). The molecule has 0 saturated heterocycles. The zero-order valence-corrected chi connectivity index (χ0v) is 19.3. The van der Waals surface area contributed by atoms with E-state index in [-0.39, 0.29) is 18.0 Å². The molecule has 0 aliphatic heterocycles. The van der Waals surface area contributed by atoms with E-state index < -0.39 is 5.91 Å². The number of H-pyrrole nitrogens is 2. The van der Waals surface area contributed by atoms with Gasteiger partial charge in [0.2, 0.25) is 5.91 Å². The molecule has 0 atom stereocenters. The Hall–Kier alpha value is -5.01. The van der Waals surface area contributed by atoms with Crippen LogP contribution in [0.1, 0.15) is 21.6 Å². The molecule has 10 nitrogen and oxygen atoms in total. The topological polar surface area (TPSA) is 152 Å². The molecule has 0 unspecified atom stereocenters. The molecule has 0 saturated carbocycles. The zero-order valence-electron chi connectivity index (χ0n) is 18.5. The Balaban J connectivity index is 1.38. The highest BCUT2D eigenvalue weighted by Gasteiger charge is 2.17. The number of anilines is 2. The van der Waals surface area contributed by atoms with Crippen LogP contribution in [0.25, 0.3) is 22.3 Å². The number of nitriles is 1. The number of hydrogen-bond donors (Lipinski definition) is 4. The summed E-state index contributed by atoms with van der Waals surface area (Å²) >= 11 is 6.01. The van der Waals surface area contributed by atoms with Gasteiger partial charge in [0.25, 0.3) is 5.91 Å². The number of nitrogens with one attached hydrogen (secondary N) is 4. The molecule has 0 spiro atoms. The van der Waals surface area contributed by atoms with Crippen LogP contribution in [0.4, 0.5) is 11.4 Å². The Labute approximate surface area is 209 Å². The highest BCUT2D eigenvalue weighted by molar-refractivity contribution is 6.30. The first-order valence-electron chi connectivity index (χ1n) is 10.8. The summed E-state index contributed by atoms with van der Waals surface area (Å²) in [6.07, 6.45) is 0.156. The van der Waals surface area contributed by atoms with Gasteiger partial charge in [-0.3, -0.25) is 9.59 Å². The second-order valence-electron chi connectivity index (χ2n) is 7.88. The molecule has 0 radical (unpaired) electrons. The van der Waals surface area contributed by atoms with Crippen LogP contribution in [0, 0.1) is 11.3 Å². The van der Waals surface area contributed by atoms with Crippen molar-refractivity contribution in [3.63, 3.8) is 0 Å². The van der Waals surface area contributed by atoms with Gasteiger partial charge in [-0.25, -0.2) is 5.10 Å². The smallest absolute Gasteiger partial charge is 0.272 e. The molecule has 2 amide bonds. The van der Waals surface area contributed by atoms with Gasteiger partial charge in [0.1, 0.15) is 5.69 Å². The number of fused-ring (bicyclic) bond motifs is 1. The average Bonchev–Trinajstić information content (AvgIpc) is 3.55. The predicted molar refractivity (Wildman–Crippen MR) is 134 cm³/mol. The average molecular weight is 497 g/mol. The summed E-state index contributed by atoms with van der Waals surface area (Å²) in [4.78, 5) is 28.8. The summed E-state index contributed by atoms with van der Waals surface area (Å²) in [6, 6.07) is 21.0. The van der Waals surface area contributed by atoms with Crippen molar-refractivity contribution in [3.8, 4) is 17.5 Å². The molecule has 176 valence electrons. The SMILES string of the molecule is N#Cc1ccc(NC(=O)c2cc3cccc(NC(=O)Cc4cccc(Cl)c4)c3[nH]2)c(-c2nnn[nH]2)c1. The quantitative estimate of drug-likeness (QED) is 0.275. The van der Waals surface area contributed by atoms with Crippen LogP contribution >= 0.6 is 11.6 Å². The molecule has 36 heavy (non-hydrogen) atoms. The molecule has 2 heterocycles. The standard InChI is InChI=1S/C25H17ClN8O2/c26-17-5-1-3-14(9-17)11-22(35)28-20-6-2-4-16-12-21(29-23(16)20)25(36)30-19-8-7-15(13-27)10-18(19)24-31-33-34-32-24/h1-10,12,29H,11H2,(H,28,35)(H,30,36)(H,31,32,33,34). The molecule has 0 aliphatic rings. The van der Waals surface area contributed by atoms with Gasteiger partial charge in [0, 0.05) is 16.0 Å². The lowest BCUT2D eigenvalue weighted by molar-refractivity contribution is -0.115. The number of rotatable bonds is 6. The lowest BCUT2D eigenvalue weighted by Gasteiger charge is -2.09. The Morgan fingerprint density at radius 2 is 1.86 bits per heavy atom. The number of amides is 2. The maximum absolute atomic E-state index is 13.1. The summed E-state index contributed by atoms with van der Waals surface area (Å²) in [5, 5.41) is 29.9. The fourth-order valence-electron chi connectivity index (χ4n) is 3.79. The minimum absolute atomic E-state index is 0.156. The normalized spacial score (nSPS) is 10.7. The molecule has 0 bridgehead atoms. The van der Waals surface area contributed by atoms with E-state index in [0.29, 0.717) is 38.9 Å². The minimum Gasteiger partial charge on any atom is -0.349 e. The fraction of sp³-hybridized carbons (Fsp3) is 0.0400. The zero-order chi connectivity index (χ0) is 25.1. The monoisotopic (exact) mass is 496 g/mol. The predicted octanol–water partition coefficient (Wildman–Crippen LogP) is 4.31. The summed E-state index contributed by atoms with van der Waals surface area (Å²) in [7, 11) is 0. The molecule has 11 heteroatoms. The third kappa shape index (κ3) is 4.77. The number of tetrazole rings is 1. The van der Waals surface area contributed by atoms with Crippen LogP contribution in [0.2, 0.25) is 5.02 Å². The van der Waals surface area contributed by atoms with E-state index in [1.165, 1.54) is 0 Å². The number of para-hydroxylation sites is 1. The van der Waals surface area contributed by atoms with Crippen molar-refractivity contribution < 1.29 is 9.59 Å². The molecule has 3 aromatic carbocycles. The summed E-state index contributed by atoms with van der Waals surface area (Å²) in [6.45, 7) is 0. The van der Waals surface area contributed by atoms with Crippen molar-refractivity contribution in [1.29, 1.82) is 5.26 Å². The maximum Gasteiger partial charge on any atom is 0.272 e. The van der Waals surface area contributed by atoms with Crippen LogP contribution in [-0.2, 0) is 11.2 Å². The van der Waals surface area contributed by atoms with Gasteiger partial charge in [-0.1, -0.05) is 35.9 Å². The number of aromatic amines is 2. The fourth-order valence-corrected chi connectivity index (χ4v) is 4.00. The first kappa shape index (κ1) is 22.8. The maximum atomic E-state index is 13.1. The third-order valence-electron chi connectivity index (χ3n) is 5.43. The number of hydrogen-bond acceptors (Lipinski definition) is 6. The Kier molecular flexibility index (Phi) is 6.13. The Morgan fingerprint density at radius 3 is 2.64 bits per heavy atom. The van der Waals surface area contributed by atoms with E-state index in [2.05, 4.69) is 42.3 Å². The van der Waals surface area contributed by atoms with E-state index >= 15 is 0 Å². The van der Waals surface area contributed by atoms with Gasteiger partial charge in [-0.05, 0) is 58.5 Å². The highest BCUT2D eigenvalue weighted by Crippen LogP contribution is 2.28. The van der Waals surface area contributed by atoms with Crippen LogP contribution in [-0.4, -0.2) is 37.4 Å². The van der Waals surface area contributed by atoms with Gasteiger partial charge < -0.3 is 15.6 Å². The summed E-state index contributed by atoms with van der Waals surface area (Å²) in [5.74, 6) is -0.321. The van der Waals surface area contributed by atoms with Crippen molar-refractivity contribution in [1.82, 2.24) is 25.6 Å². The van der Waals surface area contributed by atoms with Gasteiger partial charge in [-0.15, -0.1) is 5.10 Å². The second-order valence-corrected chi connectivity index (χ2v) is 8.32. The number of benzene rings is 3. The molecule has 2 aromatic heterocycles. The van der Waals surface area contributed by atoms with E-state index in [0.717, 1.165) is 10.9 Å². The van der Waals surface area contributed by atoms with Crippen LogP contribution < -0.4 is 10.6 Å². The van der Waals surface area contributed by atoms with E-state index in [9.17, 15) is 14.9 Å². The molecule has 0 aliphatic carbocycles. The summed E-state index contributed by atoms with van der Waals surface area (Å²) < 4.78 is 0. The van der Waals surface area contributed by atoms with Crippen molar-refractivity contribution >= 4 is 45.7 Å². The van der Waals surface area contributed by atoms with Gasteiger partial charge >= 0.3 is 0 Å². The van der Waals surface area contributed by atoms with Gasteiger partial charge in [0.05, 0.1) is 34.9 Å². The number of halogens is 1. The first-order valence-corrected chi connectivity index (χ1v) is 11.1. The largest absolute Gasteiger partial charge is 0.349 e. The number of carbonyl (C=O) groups excluding carboxylic acids is 2. The van der Waals surface area contributed by atoms with Crippen molar-refractivity contribution in [2.75, 3.05) is 10.6 Å². The highest BCUT2D eigenvalue weighted by atomic mass is 35.5. The van der Waals surface area contributed by atoms with Crippen molar-refractivity contribution in [3.05, 3.63) is 88.6 Å². The van der Waals surface area contributed by atoms with Crippen LogP contribution in [0.5, 0.6) is 0 Å². The third-order valence-corrected chi connectivity index (χ3v) is 5.66. The lowest BCUT2D eigenvalue weighted by atomic mass is 10.1.